The van der Waals surface area contributed by atoms with Crippen LogP contribution in [0.3, 0.4) is 0 Å². The largest absolute Gasteiger partial charge is 0.366 e. The molecule has 2 saturated heterocycles. The molecule has 0 aromatic rings. The summed E-state index contributed by atoms with van der Waals surface area (Å²) in [7, 11) is 0. The first-order chi connectivity index (χ1) is 8.18. The lowest BCUT2D eigenvalue weighted by Crippen LogP contribution is -2.58. The maximum atomic E-state index is 12.0. The van der Waals surface area contributed by atoms with Crippen LogP contribution in [0.15, 0.2) is 0 Å². The molecule has 3 unspecified atom stereocenters. The maximum Gasteiger partial charge on any atom is 0.264 e. The van der Waals surface area contributed by atoms with E-state index in [9.17, 15) is 4.79 Å². The molecule has 2 N–H and O–H groups in total. The second kappa shape index (κ2) is 5.80. The van der Waals surface area contributed by atoms with Gasteiger partial charge in [0, 0.05) is 25.2 Å². The van der Waals surface area contributed by atoms with Gasteiger partial charge in [0.25, 0.3) is 5.91 Å². The molecule has 0 saturated carbocycles. The fourth-order valence-electron chi connectivity index (χ4n) is 2.57. The summed E-state index contributed by atoms with van der Waals surface area (Å²) < 4.78 is 5.45. The number of morpholine rings is 1. The fourth-order valence-corrected chi connectivity index (χ4v) is 2.57. The first-order valence-corrected chi connectivity index (χ1v) is 6.59. The minimum Gasteiger partial charge on any atom is -0.366 e. The third kappa shape index (κ3) is 3.18. The standard InChI is InChI=1S/C12H23N3O2/c1-9-4-3-5-10(2)15(9)14-12(16)11-8-13-6-7-17-11/h9-11,13H,3-8H2,1-2H3,(H,14,16). The van der Waals surface area contributed by atoms with Gasteiger partial charge >= 0.3 is 0 Å². The van der Waals surface area contributed by atoms with Crippen LogP contribution < -0.4 is 10.7 Å². The molecule has 0 aliphatic carbocycles. The van der Waals surface area contributed by atoms with Crippen LogP contribution in [-0.4, -0.2) is 48.8 Å². The minimum absolute atomic E-state index is 0.0159. The number of nitrogens with zero attached hydrogens (tertiary/aromatic N) is 1. The number of carbonyl (C=O) groups excluding carboxylic acids is 1. The zero-order valence-electron chi connectivity index (χ0n) is 10.7. The second-order valence-corrected chi connectivity index (χ2v) is 5.08. The highest BCUT2D eigenvalue weighted by Gasteiger charge is 2.29. The highest BCUT2D eigenvalue weighted by molar-refractivity contribution is 5.80. The van der Waals surface area contributed by atoms with E-state index < -0.39 is 0 Å². The van der Waals surface area contributed by atoms with Crippen molar-refractivity contribution in [1.82, 2.24) is 15.8 Å². The Morgan fingerprint density at radius 3 is 2.65 bits per heavy atom. The van der Waals surface area contributed by atoms with E-state index in [1.165, 1.54) is 6.42 Å². The van der Waals surface area contributed by atoms with Gasteiger partial charge in [0.1, 0.15) is 6.10 Å². The molecular formula is C12H23N3O2. The van der Waals surface area contributed by atoms with Crippen molar-refractivity contribution in [3.63, 3.8) is 0 Å². The number of hydrazine groups is 1. The Morgan fingerprint density at radius 2 is 2.06 bits per heavy atom. The SMILES string of the molecule is CC1CCCC(C)N1NC(=O)C1CNCCO1. The van der Waals surface area contributed by atoms with Crippen LogP contribution in [0.5, 0.6) is 0 Å². The topological polar surface area (TPSA) is 53.6 Å². The highest BCUT2D eigenvalue weighted by Crippen LogP contribution is 2.20. The highest BCUT2D eigenvalue weighted by atomic mass is 16.5. The number of ether oxygens (including phenoxy) is 1. The first-order valence-electron chi connectivity index (χ1n) is 6.59. The van der Waals surface area contributed by atoms with Crippen LogP contribution in [0.2, 0.25) is 0 Å². The van der Waals surface area contributed by atoms with Crippen molar-refractivity contribution in [3.8, 4) is 0 Å². The van der Waals surface area contributed by atoms with Crippen molar-refractivity contribution in [2.24, 2.45) is 0 Å². The molecule has 5 heteroatoms. The number of amides is 1. The number of rotatable bonds is 2. The van der Waals surface area contributed by atoms with Crippen LogP contribution in [0.1, 0.15) is 33.1 Å². The predicted octanol–water partition coefficient (Wildman–Crippen LogP) is 0.269. The average Bonchev–Trinajstić information content (AvgIpc) is 2.35. The molecular weight excluding hydrogens is 218 g/mol. The van der Waals surface area contributed by atoms with E-state index >= 15 is 0 Å². The third-order valence-electron chi connectivity index (χ3n) is 3.65. The summed E-state index contributed by atoms with van der Waals surface area (Å²) >= 11 is 0. The van der Waals surface area contributed by atoms with Crippen LogP contribution in [0.25, 0.3) is 0 Å². The van der Waals surface area contributed by atoms with Gasteiger partial charge in [-0.3, -0.25) is 10.2 Å². The number of hydrogen-bond donors (Lipinski definition) is 2. The zero-order chi connectivity index (χ0) is 12.3. The maximum absolute atomic E-state index is 12.0. The van der Waals surface area contributed by atoms with Crippen LogP contribution in [0.4, 0.5) is 0 Å². The van der Waals surface area contributed by atoms with Crippen LogP contribution in [-0.2, 0) is 9.53 Å². The van der Waals surface area contributed by atoms with E-state index in [1.807, 2.05) is 0 Å². The monoisotopic (exact) mass is 241 g/mol. The summed E-state index contributed by atoms with van der Waals surface area (Å²) in [6.45, 7) is 6.39. The molecule has 98 valence electrons. The van der Waals surface area contributed by atoms with Crippen LogP contribution >= 0.6 is 0 Å². The molecule has 2 aliphatic rings. The van der Waals surface area contributed by atoms with Gasteiger partial charge in [-0.1, -0.05) is 6.42 Å². The summed E-state index contributed by atoms with van der Waals surface area (Å²) in [4.78, 5) is 12.0. The Balaban J connectivity index is 1.87. The lowest BCUT2D eigenvalue weighted by molar-refractivity contribution is -0.142. The Morgan fingerprint density at radius 1 is 1.35 bits per heavy atom. The normalized spacial score (nSPS) is 35.5. The fraction of sp³-hybridized carbons (Fsp3) is 0.917. The van der Waals surface area contributed by atoms with Gasteiger partial charge < -0.3 is 10.1 Å². The number of hydrogen-bond acceptors (Lipinski definition) is 4. The van der Waals surface area contributed by atoms with Gasteiger partial charge in [-0.2, -0.15) is 0 Å². The Hall–Kier alpha value is -0.650. The van der Waals surface area contributed by atoms with Crippen molar-refractivity contribution in [3.05, 3.63) is 0 Å². The van der Waals surface area contributed by atoms with Crippen LogP contribution in [0, 0.1) is 0 Å². The summed E-state index contributed by atoms with van der Waals surface area (Å²) in [5.41, 5.74) is 3.02. The Kier molecular flexibility index (Phi) is 4.36. The van der Waals surface area contributed by atoms with Gasteiger partial charge in [0.2, 0.25) is 0 Å². The molecule has 0 spiro atoms. The quantitative estimate of drug-likeness (QED) is 0.728. The van der Waals surface area contributed by atoms with Gasteiger partial charge in [-0.15, -0.1) is 0 Å². The molecule has 2 aliphatic heterocycles. The predicted molar refractivity (Wildman–Crippen MR) is 65.4 cm³/mol. The molecule has 2 rings (SSSR count). The number of piperidine rings is 1. The lowest BCUT2D eigenvalue weighted by atomic mass is 10.00. The summed E-state index contributed by atoms with van der Waals surface area (Å²) in [6, 6.07) is 0.832. The third-order valence-corrected chi connectivity index (χ3v) is 3.65. The zero-order valence-corrected chi connectivity index (χ0v) is 10.7. The molecule has 0 bridgehead atoms. The molecule has 1 amide bonds. The number of carbonyl (C=O) groups is 1. The van der Waals surface area contributed by atoms with Crippen molar-refractivity contribution >= 4 is 5.91 Å². The molecule has 0 radical (unpaired) electrons. The molecule has 0 aromatic carbocycles. The molecule has 17 heavy (non-hydrogen) atoms. The van der Waals surface area contributed by atoms with Crippen molar-refractivity contribution < 1.29 is 9.53 Å². The molecule has 5 nitrogen and oxygen atoms in total. The molecule has 0 aromatic heterocycles. The lowest BCUT2D eigenvalue weighted by Gasteiger charge is -2.39. The van der Waals surface area contributed by atoms with E-state index in [2.05, 4.69) is 29.6 Å². The molecule has 2 fully saturated rings. The van der Waals surface area contributed by atoms with Crippen molar-refractivity contribution in [2.75, 3.05) is 19.7 Å². The van der Waals surface area contributed by atoms with Crippen molar-refractivity contribution in [2.45, 2.75) is 51.3 Å². The average molecular weight is 241 g/mol. The minimum atomic E-state index is -0.343. The van der Waals surface area contributed by atoms with Crippen molar-refractivity contribution in [1.29, 1.82) is 0 Å². The second-order valence-electron chi connectivity index (χ2n) is 5.08. The smallest absolute Gasteiger partial charge is 0.264 e. The molecule has 3 atom stereocenters. The Labute approximate surface area is 103 Å². The summed E-state index contributed by atoms with van der Waals surface area (Å²) in [5, 5.41) is 5.26. The van der Waals surface area contributed by atoms with E-state index in [1.54, 1.807) is 0 Å². The van der Waals surface area contributed by atoms with Gasteiger partial charge in [0.05, 0.1) is 6.61 Å². The van der Waals surface area contributed by atoms with E-state index in [-0.39, 0.29) is 12.0 Å². The van der Waals surface area contributed by atoms with Gasteiger partial charge in [-0.05, 0) is 26.7 Å². The summed E-state index contributed by atoms with van der Waals surface area (Å²) in [6.07, 6.45) is 3.20. The van der Waals surface area contributed by atoms with Gasteiger partial charge in [-0.25, -0.2) is 5.01 Å². The first kappa shape index (κ1) is 12.8. The van der Waals surface area contributed by atoms with E-state index in [4.69, 9.17) is 4.74 Å². The van der Waals surface area contributed by atoms with Gasteiger partial charge in [0.15, 0.2) is 0 Å². The van der Waals surface area contributed by atoms with E-state index in [0.717, 1.165) is 19.4 Å². The summed E-state index contributed by atoms with van der Waals surface area (Å²) in [5.74, 6) is -0.0159. The molecule has 2 heterocycles. The number of nitrogens with one attached hydrogen (secondary N) is 2. The Bertz CT molecular complexity index is 256. The van der Waals surface area contributed by atoms with E-state index in [0.29, 0.717) is 25.2 Å².